The molecule has 19 heavy (non-hydrogen) atoms. The van der Waals surface area contributed by atoms with Crippen LogP contribution in [-0.2, 0) is 15.9 Å². The molecule has 5 heteroatoms. The molecule has 0 unspecified atom stereocenters. The summed E-state index contributed by atoms with van der Waals surface area (Å²) in [4.78, 5) is 0.410. The van der Waals surface area contributed by atoms with Crippen molar-refractivity contribution in [1.29, 1.82) is 0 Å². The molecule has 1 aromatic rings. The van der Waals surface area contributed by atoms with Crippen molar-refractivity contribution in [3.63, 3.8) is 0 Å². The molecule has 0 spiro atoms. The number of aryl methyl sites for hydroxylation is 1. The smallest absolute Gasteiger partial charge is 0.207 e. The van der Waals surface area contributed by atoms with E-state index in [4.69, 9.17) is 11.6 Å². The van der Waals surface area contributed by atoms with Crippen molar-refractivity contribution >= 4 is 21.6 Å². The Hall–Kier alpha value is -0.580. The quantitative estimate of drug-likeness (QED) is 0.803. The zero-order chi connectivity index (χ0) is 13.9. The molecule has 1 aromatic carbocycles. The Morgan fingerprint density at radius 1 is 1.16 bits per heavy atom. The van der Waals surface area contributed by atoms with Gasteiger partial charge in [-0.15, -0.1) is 11.6 Å². The summed E-state index contributed by atoms with van der Waals surface area (Å²) in [5, 5.41) is 0. The van der Waals surface area contributed by atoms with E-state index >= 15 is 0 Å². The first-order chi connectivity index (χ1) is 9.05. The van der Waals surface area contributed by atoms with Crippen LogP contribution in [0.2, 0.25) is 0 Å². The van der Waals surface area contributed by atoms with Gasteiger partial charge >= 0.3 is 0 Å². The number of benzene rings is 1. The van der Waals surface area contributed by atoms with Gasteiger partial charge in [0.1, 0.15) is 0 Å². The molecular weight excluding hydrogens is 282 g/mol. The molecule has 1 saturated heterocycles. The molecule has 1 heterocycles. The summed E-state index contributed by atoms with van der Waals surface area (Å²) in [5.41, 5.74) is 1.64. The number of halogens is 1. The number of hydrogen-bond acceptors (Lipinski definition) is 2. The van der Waals surface area contributed by atoms with E-state index < -0.39 is 10.0 Å². The summed E-state index contributed by atoms with van der Waals surface area (Å²) in [6.45, 7) is 3.10. The van der Waals surface area contributed by atoms with Crippen molar-refractivity contribution in [3.05, 3.63) is 29.3 Å². The van der Waals surface area contributed by atoms with Crippen molar-refractivity contribution in [2.45, 2.75) is 43.4 Å². The van der Waals surface area contributed by atoms with Crippen molar-refractivity contribution in [2.75, 3.05) is 13.1 Å². The van der Waals surface area contributed by atoms with Crippen LogP contribution < -0.4 is 0 Å². The highest BCUT2D eigenvalue weighted by Gasteiger charge is 2.26. The Labute approximate surface area is 120 Å². The number of rotatable bonds is 3. The monoisotopic (exact) mass is 301 g/mol. The maximum absolute atomic E-state index is 12.7. The fourth-order valence-electron chi connectivity index (χ4n) is 2.43. The maximum atomic E-state index is 12.7. The van der Waals surface area contributed by atoms with Gasteiger partial charge in [-0.05, 0) is 37.0 Å². The molecule has 1 aliphatic heterocycles. The highest BCUT2D eigenvalue weighted by Crippen LogP contribution is 2.24. The van der Waals surface area contributed by atoms with Gasteiger partial charge in [0.05, 0.1) is 4.90 Å². The second-order valence-corrected chi connectivity index (χ2v) is 7.23. The minimum absolute atomic E-state index is 0.336. The minimum Gasteiger partial charge on any atom is -0.207 e. The summed E-state index contributed by atoms with van der Waals surface area (Å²) in [6, 6.07) is 5.43. The topological polar surface area (TPSA) is 37.4 Å². The van der Waals surface area contributed by atoms with Gasteiger partial charge in [-0.3, -0.25) is 0 Å². The van der Waals surface area contributed by atoms with Gasteiger partial charge in [0.15, 0.2) is 0 Å². The molecule has 2 rings (SSSR count). The lowest BCUT2D eigenvalue weighted by Crippen LogP contribution is -2.32. The second kappa shape index (κ2) is 6.25. The van der Waals surface area contributed by atoms with E-state index in [1.54, 1.807) is 10.4 Å². The molecule has 0 bridgehead atoms. The number of nitrogens with zero attached hydrogens (tertiary/aromatic N) is 1. The van der Waals surface area contributed by atoms with Gasteiger partial charge < -0.3 is 0 Å². The van der Waals surface area contributed by atoms with Crippen LogP contribution in [0.3, 0.4) is 0 Å². The molecule has 0 aromatic heterocycles. The molecule has 0 aliphatic carbocycles. The summed E-state index contributed by atoms with van der Waals surface area (Å²) in [5.74, 6) is 0.336. The third-order valence-electron chi connectivity index (χ3n) is 3.59. The van der Waals surface area contributed by atoms with E-state index in [0.717, 1.165) is 36.8 Å². The molecule has 0 amide bonds. The SMILES string of the molecule is Cc1ccc(CCl)cc1S(=O)(=O)N1CCCCCC1. The zero-order valence-electron chi connectivity index (χ0n) is 11.2. The van der Waals surface area contributed by atoms with E-state index in [0.29, 0.717) is 23.9 Å². The van der Waals surface area contributed by atoms with Crippen LogP contribution in [0.4, 0.5) is 0 Å². The van der Waals surface area contributed by atoms with Crippen LogP contribution >= 0.6 is 11.6 Å². The van der Waals surface area contributed by atoms with Crippen LogP contribution in [-0.4, -0.2) is 25.8 Å². The molecule has 0 saturated carbocycles. The van der Waals surface area contributed by atoms with Crippen LogP contribution in [0.25, 0.3) is 0 Å². The van der Waals surface area contributed by atoms with Crippen molar-refractivity contribution < 1.29 is 8.42 Å². The average molecular weight is 302 g/mol. The molecular formula is C14H20ClNO2S. The first-order valence-corrected chi connectivity index (χ1v) is 8.69. The Bertz CT molecular complexity index is 534. The normalized spacial score (nSPS) is 18.2. The molecule has 0 N–H and O–H groups in total. The third kappa shape index (κ3) is 3.30. The fraction of sp³-hybridized carbons (Fsp3) is 0.571. The van der Waals surface area contributed by atoms with E-state index in [2.05, 4.69) is 0 Å². The van der Waals surface area contributed by atoms with E-state index in [1.165, 1.54) is 0 Å². The van der Waals surface area contributed by atoms with E-state index in [-0.39, 0.29) is 0 Å². The third-order valence-corrected chi connectivity index (χ3v) is 5.94. The van der Waals surface area contributed by atoms with E-state index in [9.17, 15) is 8.42 Å². The molecule has 1 aliphatic rings. The summed E-state index contributed by atoms with van der Waals surface area (Å²) in [6.07, 6.45) is 4.14. The molecule has 1 fully saturated rings. The van der Waals surface area contributed by atoms with Gasteiger partial charge in [-0.2, -0.15) is 4.31 Å². The predicted octanol–water partition coefficient (Wildman–Crippen LogP) is 3.30. The Kier molecular flexibility index (Phi) is 4.87. The highest BCUT2D eigenvalue weighted by atomic mass is 35.5. The van der Waals surface area contributed by atoms with Crippen molar-refractivity contribution in [3.8, 4) is 0 Å². The van der Waals surface area contributed by atoms with Crippen LogP contribution in [0.5, 0.6) is 0 Å². The Morgan fingerprint density at radius 3 is 2.37 bits per heavy atom. The fourth-order valence-corrected chi connectivity index (χ4v) is 4.39. The van der Waals surface area contributed by atoms with Crippen LogP contribution in [0, 0.1) is 6.92 Å². The predicted molar refractivity (Wildman–Crippen MR) is 78.0 cm³/mol. The van der Waals surface area contributed by atoms with Crippen LogP contribution in [0.1, 0.15) is 36.8 Å². The van der Waals surface area contributed by atoms with Crippen molar-refractivity contribution in [1.82, 2.24) is 4.31 Å². The lowest BCUT2D eigenvalue weighted by molar-refractivity contribution is 0.423. The molecule has 0 radical (unpaired) electrons. The molecule has 0 atom stereocenters. The maximum Gasteiger partial charge on any atom is 0.243 e. The van der Waals surface area contributed by atoms with Crippen LogP contribution in [0.15, 0.2) is 23.1 Å². The van der Waals surface area contributed by atoms with Crippen molar-refractivity contribution in [2.24, 2.45) is 0 Å². The summed E-state index contributed by atoms with van der Waals surface area (Å²) in [7, 11) is -3.37. The summed E-state index contributed by atoms with van der Waals surface area (Å²) < 4.78 is 27.0. The lowest BCUT2D eigenvalue weighted by Gasteiger charge is -2.21. The highest BCUT2D eigenvalue weighted by molar-refractivity contribution is 7.89. The lowest BCUT2D eigenvalue weighted by atomic mass is 10.2. The Morgan fingerprint density at radius 2 is 1.79 bits per heavy atom. The summed E-state index contributed by atoms with van der Waals surface area (Å²) >= 11 is 5.80. The molecule has 106 valence electrons. The van der Waals surface area contributed by atoms with Gasteiger partial charge in [-0.1, -0.05) is 25.0 Å². The van der Waals surface area contributed by atoms with Gasteiger partial charge in [0, 0.05) is 19.0 Å². The largest absolute Gasteiger partial charge is 0.243 e. The average Bonchev–Trinajstić information content (AvgIpc) is 2.68. The standard InChI is InChI=1S/C14H20ClNO2S/c1-12-6-7-13(11-15)10-14(12)19(17,18)16-8-4-2-3-5-9-16/h6-7,10H,2-5,8-9,11H2,1H3. The molecule has 3 nitrogen and oxygen atoms in total. The number of alkyl halides is 1. The Balaban J connectivity index is 2.37. The number of hydrogen-bond donors (Lipinski definition) is 0. The van der Waals surface area contributed by atoms with E-state index in [1.807, 2.05) is 19.1 Å². The van der Waals surface area contributed by atoms with Gasteiger partial charge in [-0.25, -0.2) is 8.42 Å². The van der Waals surface area contributed by atoms with Gasteiger partial charge in [0.2, 0.25) is 10.0 Å². The minimum atomic E-state index is -3.37. The zero-order valence-corrected chi connectivity index (χ0v) is 12.8. The first kappa shape index (κ1) is 14.8. The van der Waals surface area contributed by atoms with Gasteiger partial charge in [0.25, 0.3) is 0 Å². The first-order valence-electron chi connectivity index (χ1n) is 6.71. The number of sulfonamides is 1. The second-order valence-electron chi connectivity index (χ2n) is 5.05.